The number of hydrogen-bond acceptors (Lipinski definition) is 3. The van der Waals surface area contributed by atoms with Crippen molar-refractivity contribution in [2.45, 2.75) is 38.3 Å². The maximum absolute atomic E-state index is 14.3. The van der Waals surface area contributed by atoms with Crippen molar-refractivity contribution in [2.75, 3.05) is 19.9 Å². The van der Waals surface area contributed by atoms with Crippen LogP contribution in [0.1, 0.15) is 46.8 Å². The number of rotatable bonds is 7. The van der Waals surface area contributed by atoms with Crippen LogP contribution in [0.3, 0.4) is 0 Å². The van der Waals surface area contributed by atoms with E-state index in [9.17, 15) is 18.0 Å². The molecular formula is C23H23Cl2F3N2O2. The van der Waals surface area contributed by atoms with Gasteiger partial charge in [-0.05, 0) is 60.4 Å². The molecule has 1 amide bonds. The molecule has 1 atom stereocenters. The van der Waals surface area contributed by atoms with Crippen LogP contribution in [0, 0.1) is 6.92 Å². The molecule has 0 aromatic heterocycles. The number of benzene rings is 2. The maximum atomic E-state index is 14.3. The number of halogens is 5. The van der Waals surface area contributed by atoms with Crippen molar-refractivity contribution in [3.05, 3.63) is 68.7 Å². The van der Waals surface area contributed by atoms with Crippen LogP contribution >= 0.6 is 23.2 Å². The number of ether oxygens (including phenoxy) is 1. The van der Waals surface area contributed by atoms with E-state index in [0.717, 1.165) is 6.42 Å². The van der Waals surface area contributed by atoms with Crippen LogP contribution in [-0.4, -0.2) is 37.7 Å². The van der Waals surface area contributed by atoms with Gasteiger partial charge in [0.2, 0.25) is 0 Å². The standard InChI is InChI=1S/C23H23Cl2F3N2O2/c1-3-6-32-13-30-21(31)19-5-4-15(7-14(19)2)20-11-22(12-29-20,23(26,27)28)16-8-17(24)10-18(25)9-16/h4-5,7-10H,3,6,11-13H2,1-2H3,(H,30,31). The molecule has 0 fully saturated rings. The van der Waals surface area contributed by atoms with Crippen molar-refractivity contribution in [1.29, 1.82) is 0 Å². The monoisotopic (exact) mass is 486 g/mol. The Morgan fingerprint density at radius 3 is 2.47 bits per heavy atom. The first-order chi connectivity index (χ1) is 15.1. The number of carbonyl (C=O) groups excluding carboxylic acids is 1. The third kappa shape index (κ3) is 5.11. The van der Waals surface area contributed by atoms with Gasteiger partial charge in [-0.2, -0.15) is 13.2 Å². The summed E-state index contributed by atoms with van der Waals surface area (Å²) in [5.41, 5.74) is -0.303. The molecule has 2 aromatic carbocycles. The van der Waals surface area contributed by atoms with Crippen molar-refractivity contribution in [3.8, 4) is 0 Å². The molecule has 0 radical (unpaired) electrons. The first-order valence-electron chi connectivity index (χ1n) is 10.1. The zero-order valence-corrected chi connectivity index (χ0v) is 19.2. The lowest BCUT2D eigenvalue weighted by atomic mass is 9.76. The average molecular weight is 487 g/mol. The Morgan fingerprint density at radius 1 is 1.19 bits per heavy atom. The van der Waals surface area contributed by atoms with Crippen LogP contribution in [0.15, 0.2) is 41.4 Å². The van der Waals surface area contributed by atoms with Crippen molar-refractivity contribution in [3.63, 3.8) is 0 Å². The number of nitrogens with one attached hydrogen (secondary N) is 1. The smallest absolute Gasteiger partial charge is 0.361 e. The molecule has 0 saturated carbocycles. The van der Waals surface area contributed by atoms with E-state index in [1.54, 1.807) is 25.1 Å². The van der Waals surface area contributed by atoms with Gasteiger partial charge in [-0.1, -0.05) is 36.2 Å². The summed E-state index contributed by atoms with van der Waals surface area (Å²) in [7, 11) is 0. The normalized spacial score (nSPS) is 18.5. The largest absolute Gasteiger partial charge is 0.400 e. The number of aliphatic imine (C=N–C) groups is 1. The average Bonchev–Trinajstić information content (AvgIpc) is 3.17. The molecule has 1 heterocycles. The molecule has 32 heavy (non-hydrogen) atoms. The maximum Gasteiger partial charge on any atom is 0.400 e. The zero-order chi connectivity index (χ0) is 23.5. The second-order valence-electron chi connectivity index (χ2n) is 7.77. The van der Waals surface area contributed by atoms with Crippen molar-refractivity contribution in [2.24, 2.45) is 4.99 Å². The van der Waals surface area contributed by atoms with E-state index in [4.69, 9.17) is 27.9 Å². The SMILES string of the molecule is CCCOCNC(=O)c1ccc(C2=NCC(c3cc(Cl)cc(Cl)c3)(C(F)(F)F)C2)cc1C. The fraction of sp³-hybridized carbons (Fsp3) is 0.391. The summed E-state index contributed by atoms with van der Waals surface area (Å²) in [6, 6.07) is 8.86. The van der Waals surface area contributed by atoms with Crippen LogP contribution in [0.2, 0.25) is 10.0 Å². The van der Waals surface area contributed by atoms with E-state index in [1.165, 1.54) is 18.2 Å². The molecule has 0 aliphatic carbocycles. The van der Waals surface area contributed by atoms with Gasteiger partial charge in [0, 0.05) is 34.3 Å². The summed E-state index contributed by atoms with van der Waals surface area (Å²) in [5, 5.41) is 2.94. The molecule has 1 unspecified atom stereocenters. The van der Waals surface area contributed by atoms with Crippen LogP contribution in [0.5, 0.6) is 0 Å². The number of alkyl halides is 3. The van der Waals surface area contributed by atoms with Crippen LogP contribution in [-0.2, 0) is 10.2 Å². The molecule has 0 saturated heterocycles. The Hall–Kier alpha value is -2.09. The van der Waals surface area contributed by atoms with Gasteiger partial charge < -0.3 is 10.1 Å². The predicted molar refractivity (Wildman–Crippen MR) is 120 cm³/mol. The van der Waals surface area contributed by atoms with Gasteiger partial charge in [-0.15, -0.1) is 0 Å². The third-order valence-corrected chi connectivity index (χ3v) is 5.89. The third-order valence-electron chi connectivity index (χ3n) is 5.45. The lowest BCUT2D eigenvalue weighted by Crippen LogP contribution is -2.43. The summed E-state index contributed by atoms with van der Waals surface area (Å²) in [6.45, 7) is 3.87. The summed E-state index contributed by atoms with van der Waals surface area (Å²) in [4.78, 5) is 16.6. The fourth-order valence-corrected chi connectivity index (χ4v) is 4.25. The highest BCUT2D eigenvalue weighted by Crippen LogP contribution is 2.48. The van der Waals surface area contributed by atoms with Gasteiger partial charge in [-0.25, -0.2) is 0 Å². The molecule has 1 aliphatic rings. The summed E-state index contributed by atoms with van der Waals surface area (Å²) >= 11 is 12.0. The second kappa shape index (κ2) is 9.81. The molecule has 9 heteroatoms. The highest BCUT2D eigenvalue weighted by molar-refractivity contribution is 6.34. The van der Waals surface area contributed by atoms with Gasteiger partial charge in [0.15, 0.2) is 0 Å². The minimum absolute atomic E-state index is 0.0129. The summed E-state index contributed by atoms with van der Waals surface area (Å²) < 4.78 is 48.0. The first-order valence-corrected chi connectivity index (χ1v) is 10.9. The van der Waals surface area contributed by atoms with Crippen molar-refractivity contribution < 1.29 is 22.7 Å². The van der Waals surface area contributed by atoms with E-state index < -0.39 is 18.1 Å². The van der Waals surface area contributed by atoms with E-state index in [2.05, 4.69) is 10.3 Å². The minimum Gasteiger partial charge on any atom is -0.361 e. The molecule has 0 spiro atoms. The number of carbonyl (C=O) groups is 1. The molecule has 172 valence electrons. The van der Waals surface area contributed by atoms with Gasteiger partial charge in [0.25, 0.3) is 5.91 Å². The topological polar surface area (TPSA) is 50.7 Å². The molecule has 2 aromatic rings. The minimum atomic E-state index is -4.56. The van der Waals surface area contributed by atoms with Gasteiger partial charge in [0.05, 0.1) is 6.54 Å². The molecular weight excluding hydrogens is 464 g/mol. The van der Waals surface area contributed by atoms with Crippen LogP contribution in [0.25, 0.3) is 0 Å². The van der Waals surface area contributed by atoms with Crippen molar-refractivity contribution >= 4 is 34.8 Å². The van der Waals surface area contributed by atoms with Crippen LogP contribution < -0.4 is 5.32 Å². The highest BCUT2D eigenvalue weighted by atomic mass is 35.5. The van der Waals surface area contributed by atoms with Gasteiger partial charge in [-0.3, -0.25) is 9.79 Å². The predicted octanol–water partition coefficient (Wildman–Crippen LogP) is 6.11. The Kier molecular flexibility index (Phi) is 7.53. The zero-order valence-electron chi connectivity index (χ0n) is 17.7. The quantitative estimate of drug-likeness (QED) is 0.379. The molecule has 3 rings (SSSR count). The van der Waals surface area contributed by atoms with E-state index in [1.807, 2.05) is 6.92 Å². The summed E-state index contributed by atoms with van der Waals surface area (Å²) in [5.74, 6) is -0.309. The molecule has 1 aliphatic heterocycles. The van der Waals surface area contributed by atoms with Gasteiger partial charge in [0.1, 0.15) is 12.1 Å². The number of nitrogens with zero attached hydrogens (tertiary/aromatic N) is 1. The number of hydrogen-bond donors (Lipinski definition) is 1. The Bertz CT molecular complexity index is 1020. The van der Waals surface area contributed by atoms with E-state index in [-0.39, 0.29) is 34.7 Å². The molecule has 1 N–H and O–H groups in total. The fourth-order valence-electron chi connectivity index (χ4n) is 3.72. The van der Waals surface area contributed by atoms with Gasteiger partial charge >= 0.3 is 6.18 Å². The number of amides is 1. The molecule has 0 bridgehead atoms. The number of aryl methyl sites for hydroxylation is 1. The summed E-state index contributed by atoms with van der Waals surface area (Å²) in [6.07, 6.45) is -4.06. The van der Waals surface area contributed by atoms with Crippen molar-refractivity contribution in [1.82, 2.24) is 5.32 Å². The first kappa shape index (κ1) is 24.6. The Morgan fingerprint density at radius 2 is 1.88 bits per heavy atom. The lowest BCUT2D eigenvalue weighted by molar-refractivity contribution is -0.183. The Labute approximate surface area is 194 Å². The Balaban J connectivity index is 1.84. The van der Waals surface area contributed by atoms with E-state index in [0.29, 0.717) is 29.0 Å². The second-order valence-corrected chi connectivity index (χ2v) is 8.64. The molecule has 4 nitrogen and oxygen atoms in total. The highest BCUT2D eigenvalue weighted by Gasteiger charge is 2.58. The van der Waals surface area contributed by atoms with E-state index >= 15 is 0 Å². The van der Waals surface area contributed by atoms with Crippen LogP contribution in [0.4, 0.5) is 13.2 Å². The lowest BCUT2D eigenvalue weighted by Gasteiger charge is -2.31.